The first kappa shape index (κ1) is 20.6. The third kappa shape index (κ3) is 4.82. The molecule has 1 N–H and O–H groups in total. The van der Waals surface area contributed by atoms with Crippen LogP contribution in [0, 0.1) is 23.2 Å². The molecule has 128 valence electrons. The van der Waals surface area contributed by atoms with E-state index in [1.54, 1.807) is 6.92 Å². The first-order chi connectivity index (χ1) is 9.98. The zero-order valence-electron chi connectivity index (χ0n) is 14.8. The van der Waals surface area contributed by atoms with Crippen LogP contribution in [-0.4, -0.2) is 28.9 Å². The summed E-state index contributed by atoms with van der Waals surface area (Å²) < 4.78 is 4.89. The van der Waals surface area contributed by atoms with Gasteiger partial charge in [-0.1, -0.05) is 48.5 Å². The van der Waals surface area contributed by atoms with Crippen molar-refractivity contribution in [2.24, 2.45) is 23.2 Å². The van der Waals surface area contributed by atoms with Gasteiger partial charge in [-0.2, -0.15) is 0 Å². The number of aliphatic carboxylic acids is 1. The molecule has 0 saturated heterocycles. The summed E-state index contributed by atoms with van der Waals surface area (Å²) in [5, 5.41) is 9.19. The third-order valence-electron chi connectivity index (χ3n) is 4.95. The van der Waals surface area contributed by atoms with Gasteiger partial charge in [0.05, 0.1) is 6.42 Å². The minimum atomic E-state index is -1.41. The van der Waals surface area contributed by atoms with Gasteiger partial charge < -0.3 is 9.84 Å². The van der Waals surface area contributed by atoms with Crippen LogP contribution in [-0.2, 0) is 19.1 Å². The predicted octanol–water partition coefficient (Wildman–Crippen LogP) is 3.31. The van der Waals surface area contributed by atoms with Gasteiger partial charge in [0.1, 0.15) is 5.78 Å². The molecule has 0 rings (SSSR count). The van der Waals surface area contributed by atoms with Gasteiger partial charge in [-0.25, -0.2) is 4.79 Å². The van der Waals surface area contributed by atoms with Crippen LogP contribution in [0.2, 0.25) is 0 Å². The summed E-state index contributed by atoms with van der Waals surface area (Å²) in [6.45, 7) is 13.5. The maximum absolute atomic E-state index is 12.8. The van der Waals surface area contributed by atoms with E-state index < -0.39 is 23.5 Å². The minimum absolute atomic E-state index is 0.0636. The normalized spacial score (nSPS) is 17.0. The quantitative estimate of drug-likeness (QED) is 0.660. The number of carboxylic acid groups (broad SMARTS) is 1. The van der Waals surface area contributed by atoms with E-state index in [2.05, 4.69) is 0 Å². The molecule has 0 aromatic carbocycles. The molecular formula is C17H30O5. The first-order valence-corrected chi connectivity index (χ1v) is 7.93. The average molecular weight is 314 g/mol. The Morgan fingerprint density at radius 1 is 1.09 bits per heavy atom. The fourth-order valence-corrected chi connectivity index (χ4v) is 2.60. The Morgan fingerprint density at radius 2 is 1.59 bits per heavy atom. The molecular weight excluding hydrogens is 284 g/mol. The predicted molar refractivity (Wildman–Crippen MR) is 84.4 cm³/mol. The van der Waals surface area contributed by atoms with Crippen molar-refractivity contribution >= 4 is 17.7 Å². The topological polar surface area (TPSA) is 80.7 Å². The van der Waals surface area contributed by atoms with E-state index in [0.717, 1.165) is 0 Å². The molecule has 0 amide bonds. The second-order valence-electron chi connectivity index (χ2n) is 6.77. The number of esters is 1. The average Bonchev–Trinajstić information content (AvgIpc) is 2.43. The summed E-state index contributed by atoms with van der Waals surface area (Å²) in [5.41, 5.74) is -0.652. The summed E-state index contributed by atoms with van der Waals surface area (Å²) >= 11 is 0. The van der Waals surface area contributed by atoms with Crippen LogP contribution in [0.3, 0.4) is 0 Å². The monoisotopic (exact) mass is 314 g/mol. The fraction of sp³-hybridized carbons (Fsp3) is 0.824. The molecule has 0 heterocycles. The molecule has 0 spiro atoms. The van der Waals surface area contributed by atoms with Crippen LogP contribution in [0.1, 0.15) is 61.3 Å². The second-order valence-corrected chi connectivity index (χ2v) is 6.77. The molecule has 0 aliphatic carbocycles. The van der Waals surface area contributed by atoms with E-state index >= 15 is 0 Å². The van der Waals surface area contributed by atoms with E-state index in [1.165, 1.54) is 0 Å². The summed E-state index contributed by atoms with van der Waals surface area (Å²) in [6, 6.07) is 0. The van der Waals surface area contributed by atoms with Crippen molar-refractivity contribution in [1.29, 1.82) is 0 Å². The van der Waals surface area contributed by atoms with Crippen molar-refractivity contribution in [2.75, 3.05) is 0 Å². The van der Waals surface area contributed by atoms with Gasteiger partial charge in [0, 0.05) is 11.8 Å². The number of carbonyl (C=O) groups excluding carboxylic acids is 2. The molecule has 0 bridgehead atoms. The lowest BCUT2D eigenvalue weighted by molar-refractivity contribution is -0.166. The van der Waals surface area contributed by atoms with Gasteiger partial charge in [0.15, 0.2) is 0 Å². The van der Waals surface area contributed by atoms with Crippen LogP contribution >= 0.6 is 0 Å². The van der Waals surface area contributed by atoms with Crippen molar-refractivity contribution in [3.8, 4) is 0 Å². The highest BCUT2D eigenvalue weighted by atomic mass is 16.6. The van der Waals surface area contributed by atoms with Crippen molar-refractivity contribution in [3.05, 3.63) is 0 Å². The number of carboxylic acids is 1. The molecule has 0 aromatic heterocycles. The largest absolute Gasteiger partial charge is 0.478 e. The highest BCUT2D eigenvalue weighted by Gasteiger charge is 2.44. The zero-order chi connectivity index (χ0) is 17.7. The molecule has 5 nitrogen and oxygen atoms in total. The lowest BCUT2D eigenvalue weighted by atomic mass is 9.62. The van der Waals surface area contributed by atoms with Gasteiger partial charge in [0.2, 0.25) is 6.10 Å². The van der Waals surface area contributed by atoms with E-state index in [1.807, 2.05) is 41.5 Å². The molecule has 3 unspecified atom stereocenters. The van der Waals surface area contributed by atoms with Crippen LogP contribution in [0.25, 0.3) is 0 Å². The van der Waals surface area contributed by atoms with Crippen LogP contribution in [0.5, 0.6) is 0 Å². The molecule has 5 heteroatoms. The van der Waals surface area contributed by atoms with E-state index in [4.69, 9.17) is 4.74 Å². The summed E-state index contributed by atoms with van der Waals surface area (Å²) in [6.07, 6.45) is -1.60. The van der Waals surface area contributed by atoms with E-state index in [-0.39, 0.29) is 36.4 Å². The SMILES string of the molecule is CCC(=O)OC(CC(=O)C(C)(C(C)C)C(C)C(C)C)C(=O)O. The number of hydrogen-bond acceptors (Lipinski definition) is 4. The standard InChI is InChI=1S/C17H30O5/c1-8-15(19)22-13(16(20)21)9-14(18)17(7,11(4)5)12(6)10(2)3/h10-13H,8-9H2,1-7H3,(H,20,21). The molecule has 0 fully saturated rings. The van der Waals surface area contributed by atoms with Gasteiger partial charge in [-0.3, -0.25) is 9.59 Å². The van der Waals surface area contributed by atoms with Crippen LogP contribution in [0.15, 0.2) is 0 Å². The highest BCUT2D eigenvalue weighted by Crippen LogP contribution is 2.41. The summed E-state index contributed by atoms with van der Waals surface area (Å²) in [5.74, 6) is -1.61. The van der Waals surface area contributed by atoms with Crippen LogP contribution in [0.4, 0.5) is 0 Å². The number of rotatable bonds is 9. The van der Waals surface area contributed by atoms with Gasteiger partial charge in [-0.05, 0) is 17.8 Å². The zero-order valence-corrected chi connectivity index (χ0v) is 14.8. The number of carbonyl (C=O) groups is 3. The van der Waals surface area contributed by atoms with Crippen molar-refractivity contribution in [2.45, 2.75) is 67.4 Å². The lowest BCUT2D eigenvalue weighted by Crippen LogP contribution is -2.44. The smallest absolute Gasteiger partial charge is 0.345 e. The third-order valence-corrected chi connectivity index (χ3v) is 4.95. The first-order valence-electron chi connectivity index (χ1n) is 7.93. The maximum Gasteiger partial charge on any atom is 0.345 e. The number of hydrogen-bond donors (Lipinski definition) is 1. The highest BCUT2D eigenvalue weighted by molar-refractivity contribution is 5.90. The Kier molecular flexibility index (Phi) is 7.77. The fourth-order valence-electron chi connectivity index (χ4n) is 2.60. The summed E-state index contributed by atoms with van der Waals surface area (Å²) in [7, 11) is 0. The Bertz CT molecular complexity index is 413. The van der Waals surface area contributed by atoms with Crippen molar-refractivity contribution < 1.29 is 24.2 Å². The van der Waals surface area contributed by atoms with Crippen LogP contribution < -0.4 is 0 Å². The molecule has 0 radical (unpaired) electrons. The molecule has 0 saturated carbocycles. The van der Waals surface area contributed by atoms with Gasteiger partial charge in [0.25, 0.3) is 0 Å². The van der Waals surface area contributed by atoms with Crippen molar-refractivity contribution in [1.82, 2.24) is 0 Å². The van der Waals surface area contributed by atoms with Crippen molar-refractivity contribution in [3.63, 3.8) is 0 Å². The number of Topliss-reactive ketones (excluding diaryl/α,β-unsaturated/α-hetero) is 1. The molecule has 22 heavy (non-hydrogen) atoms. The van der Waals surface area contributed by atoms with E-state index in [9.17, 15) is 19.5 Å². The number of ketones is 1. The lowest BCUT2D eigenvalue weighted by Gasteiger charge is -2.40. The molecule has 3 atom stereocenters. The van der Waals surface area contributed by atoms with Gasteiger partial charge >= 0.3 is 11.9 Å². The maximum atomic E-state index is 12.8. The Labute approximate surface area is 133 Å². The Hall–Kier alpha value is -1.39. The minimum Gasteiger partial charge on any atom is -0.478 e. The molecule has 0 aliphatic rings. The molecule has 0 aliphatic heterocycles. The molecule has 0 aromatic rings. The Balaban J connectivity index is 5.31. The second kappa shape index (κ2) is 8.30. The van der Waals surface area contributed by atoms with E-state index in [0.29, 0.717) is 0 Å². The Morgan fingerprint density at radius 3 is 1.91 bits per heavy atom. The number of ether oxygens (including phenoxy) is 1. The summed E-state index contributed by atoms with van der Waals surface area (Å²) in [4.78, 5) is 35.4. The van der Waals surface area contributed by atoms with Gasteiger partial charge in [-0.15, -0.1) is 0 Å².